The lowest BCUT2D eigenvalue weighted by Gasteiger charge is -2.14. The smallest absolute Gasteiger partial charge is 0.408 e. The highest BCUT2D eigenvalue weighted by Gasteiger charge is 2.22. The van der Waals surface area contributed by atoms with Gasteiger partial charge in [0.15, 0.2) is 6.04 Å². The fourth-order valence-electron chi connectivity index (χ4n) is 1.86. The van der Waals surface area contributed by atoms with Gasteiger partial charge in [-0.05, 0) is 23.8 Å². The third-order valence-electron chi connectivity index (χ3n) is 3.06. The first-order valence-corrected chi connectivity index (χ1v) is 6.79. The Morgan fingerprint density at radius 3 is 2.57 bits per heavy atom. The number of nitrogens with zero attached hydrogens (tertiary/aromatic N) is 1. The molecule has 1 unspecified atom stereocenters. The minimum Gasteiger partial charge on any atom is -0.497 e. The summed E-state index contributed by atoms with van der Waals surface area (Å²) in [4.78, 5) is 26.9. The lowest BCUT2D eigenvalue weighted by atomic mass is 10.1. The zero-order valence-corrected chi connectivity index (χ0v) is 12.4. The maximum atomic E-state index is 11.8. The van der Waals surface area contributed by atoms with E-state index in [0.29, 0.717) is 11.3 Å². The second-order valence-corrected chi connectivity index (χ2v) is 4.63. The standard InChI is InChI=1S/C16H16N2O5/c1-22-13-6-4-11(5-7-13)10-23-16(21)18-14(15(19)20)12-3-2-8-17-9-12/h2-9,14H,10H2,1H3,(H,18,21)(H,19,20). The Kier molecular flexibility index (Phi) is 5.51. The second kappa shape index (κ2) is 7.79. The topological polar surface area (TPSA) is 97.8 Å². The van der Waals surface area contributed by atoms with E-state index < -0.39 is 18.1 Å². The zero-order chi connectivity index (χ0) is 16.7. The van der Waals surface area contributed by atoms with Crippen molar-refractivity contribution < 1.29 is 24.2 Å². The maximum Gasteiger partial charge on any atom is 0.408 e. The van der Waals surface area contributed by atoms with E-state index in [0.717, 1.165) is 5.56 Å². The molecule has 1 amide bonds. The summed E-state index contributed by atoms with van der Waals surface area (Å²) in [5, 5.41) is 11.5. The van der Waals surface area contributed by atoms with Crippen molar-refractivity contribution in [3.63, 3.8) is 0 Å². The Hall–Kier alpha value is -3.09. The molecule has 23 heavy (non-hydrogen) atoms. The van der Waals surface area contributed by atoms with E-state index in [9.17, 15) is 14.7 Å². The average molecular weight is 316 g/mol. The van der Waals surface area contributed by atoms with Crippen molar-refractivity contribution in [2.45, 2.75) is 12.6 Å². The third-order valence-corrected chi connectivity index (χ3v) is 3.06. The van der Waals surface area contributed by atoms with E-state index in [-0.39, 0.29) is 6.61 Å². The van der Waals surface area contributed by atoms with Crippen LogP contribution in [0.25, 0.3) is 0 Å². The average Bonchev–Trinajstić information content (AvgIpc) is 2.58. The van der Waals surface area contributed by atoms with E-state index in [1.54, 1.807) is 43.5 Å². The fraction of sp³-hybridized carbons (Fsp3) is 0.188. The molecule has 7 nitrogen and oxygen atoms in total. The number of hydrogen-bond acceptors (Lipinski definition) is 5. The molecule has 0 aliphatic rings. The molecule has 0 saturated carbocycles. The molecular formula is C16H16N2O5. The van der Waals surface area contributed by atoms with Crippen LogP contribution in [0, 0.1) is 0 Å². The highest BCUT2D eigenvalue weighted by Crippen LogP contribution is 2.14. The van der Waals surface area contributed by atoms with E-state index in [2.05, 4.69) is 10.3 Å². The van der Waals surface area contributed by atoms with Crippen molar-refractivity contribution in [2.24, 2.45) is 0 Å². The summed E-state index contributed by atoms with van der Waals surface area (Å²) >= 11 is 0. The molecule has 2 rings (SSSR count). The number of carbonyl (C=O) groups excluding carboxylic acids is 1. The molecule has 1 atom stereocenters. The van der Waals surface area contributed by atoms with Crippen LogP contribution in [0.4, 0.5) is 4.79 Å². The first kappa shape index (κ1) is 16.3. The number of rotatable bonds is 6. The SMILES string of the molecule is COc1ccc(COC(=O)NC(C(=O)O)c2cccnc2)cc1. The van der Waals surface area contributed by atoms with Crippen LogP contribution in [0.15, 0.2) is 48.8 Å². The number of pyridine rings is 1. The number of nitrogens with one attached hydrogen (secondary N) is 1. The molecule has 1 aromatic heterocycles. The van der Waals surface area contributed by atoms with Gasteiger partial charge in [-0.25, -0.2) is 9.59 Å². The summed E-state index contributed by atoms with van der Waals surface area (Å²) in [6.45, 7) is 0.0230. The summed E-state index contributed by atoms with van der Waals surface area (Å²) in [5.74, 6) is -0.500. The number of alkyl carbamates (subject to hydrolysis) is 1. The minimum absolute atomic E-state index is 0.0230. The highest BCUT2D eigenvalue weighted by molar-refractivity contribution is 5.81. The van der Waals surface area contributed by atoms with Crippen LogP contribution in [0.2, 0.25) is 0 Å². The Labute approximate surface area is 132 Å². The predicted octanol–water partition coefficient (Wildman–Crippen LogP) is 2.14. The van der Waals surface area contributed by atoms with Gasteiger partial charge in [0, 0.05) is 18.0 Å². The Morgan fingerprint density at radius 1 is 1.26 bits per heavy atom. The first-order valence-electron chi connectivity index (χ1n) is 6.79. The van der Waals surface area contributed by atoms with Crippen molar-refractivity contribution in [1.82, 2.24) is 10.3 Å². The number of aromatic nitrogens is 1. The number of aliphatic carboxylic acids is 1. The van der Waals surface area contributed by atoms with Gasteiger partial charge in [0.1, 0.15) is 12.4 Å². The van der Waals surface area contributed by atoms with Crippen molar-refractivity contribution in [2.75, 3.05) is 7.11 Å². The first-order chi connectivity index (χ1) is 11.1. The van der Waals surface area contributed by atoms with Crippen LogP contribution in [0.5, 0.6) is 5.75 Å². The molecule has 0 aliphatic heterocycles. The summed E-state index contributed by atoms with van der Waals surface area (Å²) in [6, 6.07) is 8.93. The van der Waals surface area contributed by atoms with Gasteiger partial charge in [-0.2, -0.15) is 0 Å². The number of carboxylic acid groups (broad SMARTS) is 1. The van der Waals surface area contributed by atoms with Crippen molar-refractivity contribution in [1.29, 1.82) is 0 Å². The van der Waals surface area contributed by atoms with E-state index >= 15 is 0 Å². The number of benzene rings is 1. The molecule has 1 heterocycles. The molecule has 1 aromatic carbocycles. The number of carboxylic acids is 1. The fourth-order valence-corrected chi connectivity index (χ4v) is 1.86. The minimum atomic E-state index is -1.22. The quantitative estimate of drug-likeness (QED) is 0.847. The van der Waals surface area contributed by atoms with Gasteiger partial charge < -0.3 is 19.9 Å². The molecule has 0 aliphatic carbocycles. The summed E-state index contributed by atoms with van der Waals surface area (Å²) in [7, 11) is 1.56. The summed E-state index contributed by atoms with van der Waals surface area (Å²) in [6.07, 6.45) is 2.07. The van der Waals surface area contributed by atoms with Gasteiger partial charge in [-0.15, -0.1) is 0 Å². The molecular weight excluding hydrogens is 300 g/mol. The normalized spacial score (nSPS) is 11.3. The summed E-state index contributed by atoms with van der Waals surface area (Å²) < 4.78 is 10.1. The van der Waals surface area contributed by atoms with Gasteiger partial charge in [0.2, 0.25) is 0 Å². The molecule has 2 aromatic rings. The van der Waals surface area contributed by atoms with Crippen LogP contribution in [0.1, 0.15) is 17.2 Å². The molecule has 0 bridgehead atoms. The van der Waals surface area contributed by atoms with Crippen molar-refractivity contribution in [3.8, 4) is 5.75 Å². The number of amides is 1. The predicted molar refractivity (Wildman–Crippen MR) is 80.9 cm³/mol. The zero-order valence-electron chi connectivity index (χ0n) is 12.4. The van der Waals surface area contributed by atoms with E-state index in [1.807, 2.05) is 0 Å². The number of ether oxygens (including phenoxy) is 2. The van der Waals surface area contributed by atoms with Gasteiger partial charge in [0.25, 0.3) is 0 Å². The van der Waals surface area contributed by atoms with Crippen LogP contribution in [-0.2, 0) is 16.1 Å². The lowest BCUT2D eigenvalue weighted by molar-refractivity contribution is -0.139. The molecule has 0 fully saturated rings. The molecule has 0 spiro atoms. The van der Waals surface area contributed by atoms with Gasteiger partial charge in [-0.3, -0.25) is 4.98 Å². The highest BCUT2D eigenvalue weighted by atomic mass is 16.5. The Morgan fingerprint density at radius 2 is 2.00 bits per heavy atom. The third kappa shape index (κ3) is 4.70. The van der Waals surface area contributed by atoms with Gasteiger partial charge in [-0.1, -0.05) is 18.2 Å². The van der Waals surface area contributed by atoms with Crippen LogP contribution in [0.3, 0.4) is 0 Å². The number of carbonyl (C=O) groups is 2. The molecule has 0 saturated heterocycles. The van der Waals surface area contributed by atoms with Gasteiger partial charge >= 0.3 is 12.1 Å². The number of methoxy groups -OCH3 is 1. The molecule has 7 heteroatoms. The second-order valence-electron chi connectivity index (χ2n) is 4.63. The maximum absolute atomic E-state index is 11.8. The van der Waals surface area contributed by atoms with Crippen LogP contribution < -0.4 is 10.1 Å². The van der Waals surface area contributed by atoms with Crippen LogP contribution in [-0.4, -0.2) is 29.3 Å². The Balaban J connectivity index is 1.93. The van der Waals surface area contributed by atoms with E-state index in [4.69, 9.17) is 9.47 Å². The molecule has 120 valence electrons. The molecule has 2 N–H and O–H groups in total. The largest absolute Gasteiger partial charge is 0.497 e. The Bertz CT molecular complexity index is 658. The van der Waals surface area contributed by atoms with Crippen molar-refractivity contribution in [3.05, 3.63) is 59.9 Å². The van der Waals surface area contributed by atoms with Gasteiger partial charge in [0.05, 0.1) is 7.11 Å². The number of hydrogen-bond donors (Lipinski definition) is 2. The summed E-state index contributed by atoms with van der Waals surface area (Å²) in [5.41, 5.74) is 1.12. The monoisotopic (exact) mass is 316 g/mol. The van der Waals surface area contributed by atoms with Crippen molar-refractivity contribution >= 4 is 12.1 Å². The van der Waals surface area contributed by atoms with Crippen LogP contribution >= 0.6 is 0 Å². The lowest BCUT2D eigenvalue weighted by Crippen LogP contribution is -2.34. The van der Waals surface area contributed by atoms with E-state index in [1.165, 1.54) is 12.4 Å². The molecule has 0 radical (unpaired) electrons.